The number of methoxy groups -OCH3 is 1. The highest BCUT2D eigenvalue weighted by Gasteiger charge is 2.27. The van der Waals surface area contributed by atoms with Gasteiger partial charge in [0.05, 0.1) is 7.11 Å². The van der Waals surface area contributed by atoms with E-state index in [1.54, 1.807) is 0 Å². The number of hydrogen-bond donors (Lipinski definition) is 2. The average molecular weight is 231 g/mol. The third-order valence-electron chi connectivity index (χ3n) is 2.19. The maximum Gasteiger partial charge on any atom is 0.312 e. The first-order chi connectivity index (χ1) is 7.52. The van der Waals surface area contributed by atoms with Crippen molar-refractivity contribution < 1.29 is 23.4 Å². The van der Waals surface area contributed by atoms with Gasteiger partial charge in [-0.3, -0.25) is 4.79 Å². The molecule has 3 N–H and O–H groups in total. The highest BCUT2D eigenvalue weighted by atomic mass is 19.2. The van der Waals surface area contributed by atoms with E-state index in [4.69, 9.17) is 15.6 Å². The maximum absolute atomic E-state index is 13.5. The van der Waals surface area contributed by atoms with Gasteiger partial charge >= 0.3 is 5.97 Å². The van der Waals surface area contributed by atoms with Gasteiger partial charge in [0, 0.05) is 12.1 Å². The number of carbonyl (C=O) groups is 1. The molecule has 1 aromatic rings. The first-order valence-corrected chi connectivity index (χ1v) is 4.47. The fourth-order valence-electron chi connectivity index (χ4n) is 1.39. The Labute approximate surface area is 90.6 Å². The summed E-state index contributed by atoms with van der Waals surface area (Å²) in [5, 5.41) is 8.84. The molecule has 88 valence electrons. The van der Waals surface area contributed by atoms with Crippen molar-refractivity contribution in [1.82, 2.24) is 0 Å². The Morgan fingerprint density at radius 1 is 1.56 bits per heavy atom. The minimum atomic E-state index is -1.33. The predicted molar refractivity (Wildman–Crippen MR) is 52.3 cm³/mol. The van der Waals surface area contributed by atoms with Crippen molar-refractivity contribution in [2.75, 3.05) is 13.7 Å². The zero-order valence-corrected chi connectivity index (χ0v) is 8.54. The number of ether oxygens (including phenoxy) is 1. The summed E-state index contributed by atoms with van der Waals surface area (Å²) in [6.45, 7) is -0.341. The third-order valence-corrected chi connectivity index (χ3v) is 2.19. The van der Waals surface area contributed by atoms with E-state index in [0.717, 1.165) is 6.07 Å². The monoisotopic (exact) mass is 231 g/mol. The summed E-state index contributed by atoms with van der Waals surface area (Å²) in [5.74, 6) is -5.06. The topological polar surface area (TPSA) is 72.5 Å². The van der Waals surface area contributed by atoms with Crippen LogP contribution in [0, 0.1) is 11.6 Å². The van der Waals surface area contributed by atoms with Crippen LogP contribution in [-0.4, -0.2) is 24.7 Å². The van der Waals surface area contributed by atoms with Crippen LogP contribution in [-0.2, 0) is 4.79 Å². The van der Waals surface area contributed by atoms with Crippen molar-refractivity contribution in [3.63, 3.8) is 0 Å². The molecular formula is C10H11F2NO3. The normalized spacial score (nSPS) is 12.2. The molecule has 0 radical (unpaired) electrons. The van der Waals surface area contributed by atoms with Crippen LogP contribution in [0.3, 0.4) is 0 Å². The van der Waals surface area contributed by atoms with Crippen molar-refractivity contribution in [3.8, 4) is 5.75 Å². The fraction of sp³-hybridized carbons (Fsp3) is 0.300. The second kappa shape index (κ2) is 4.89. The molecule has 1 rings (SSSR count). The van der Waals surface area contributed by atoms with Crippen molar-refractivity contribution in [2.24, 2.45) is 5.73 Å². The Bertz CT molecular complexity index is 409. The summed E-state index contributed by atoms with van der Waals surface area (Å²) in [5.41, 5.74) is 4.86. The molecule has 0 saturated heterocycles. The first kappa shape index (κ1) is 12.4. The lowest BCUT2D eigenvalue weighted by Gasteiger charge is -2.15. The Kier molecular flexibility index (Phi) is 3.78. The highest BCUT2D eigenvalue weighted by molar-refractivity contribution is 5.77. The molecule has 0 spiro atoms. The number of carboxylic acids is 1. The number of carboxylic acid groups (broad SMARTS) is 1. The molecule has 0 bridgehead atoms. The zero-order valence-electron chi connectivity index (χ0n) is 8.54. The molecule has 0 aromatic heterocycles. The summed E-state index contributed by atoms with van der Waals surface area (Å²) in [6, 6.07) is 2.03. The molecule has 1 atom stereocenters. The van der Waals surface area contributed by atoms with E-state index in [0.29, 0.717) is 0 Å². The number of rotatable bonds is 4. The standard InChI is InChI=1S/C10H11F2NO3/c1-16-7-3-2-6(11)9(12)8(7)5(4-13)10(14)15/h2-3,5H,4,13H2,1H3,(H,14,15). The molecule has 4 nitrogen and oxygen atoms in total. The van der Waals surface area contributed by atoms with E-state index in [9.17, 15) is 13.6 Å². The van der Waals surface area contributed by atoms with Crippen LogP contribution in [0.15, 0.2) is 12.1 Å². The second-order valence-corrected chi connectivity index (χ2v) is 3.10. The van der Waals surface area contributed by atoms with Gasteiger partial charge in [-0.25, -0.2) is 8.78 Å². The molecule has 0 heterocycles. The minimum Gasteiger partial charge on any atom is -0.496 e. The minimum absolute atomic E-state index is 0.0308. The fourth-order valence-corrected chi connectivity index (χ4v) is 1.39. The van der Waals surface area contributed by atoms with Crippen LogP contribution < -0.4 is 10.5 Å². The highest BCUT2D eigenvalue weighted by Crippen LogP contribution is 2.30. The molecule has 0 aliphatic heterocycles. The van der Waals surface area contributed by atoms with E-state index < -0.39 is 23.5 Å². The van der Waals surface area contributed by atoms with Crippen molar-refractivity contribution in [3.05, 3.63) is 29.3 Å². The molecule has 0 aliphatic carbocycles. The summed E-state index contributed by atoms with van der Waals surface area (Å²) in [4.78, 5) is 10.8. The largest absolute Gasteiger partial charge is 0.496 e. The molecule has 16 heavy (non-hydrogen) atoms. The van der Waals surface area contributed by atoms with E-state index in [2.05, 4.69) is 0 Å². The van der Waals surface area contributed by atoms with Gasteiger partial charge in [-0.05, 0) is 12.1 Å². The van der Waals surface area contributed by atoms with Gasteiger partial charge in [-0.2, -0.15) is 0 Å². The van der Waals surface area contributed by atoms with Gasteiger partial charge in [0.1, 0.15) is 11.7 Å². The molecule has 0 fully saturated rings. The molecular weight excluding hydrogens is 220 g/mol. The first-order valence-electron chi connectivity index (χ1n) is 4.47. The summed E-state index contributed by atoms with van der Waals surface area (Å²) in [6.07, 6.45) is 0. The van der Waals surface area contributed by atoms with Crippen LogP contribution in [0.25, 0.3) is 0 Å². The number of benzene rings is 1. The average Bonchev–Trinajstić information content (AvgIpc) is 2.25. The molecule has 1 unspecified atom stereocenters. The SMILES string of the molecule is COc1ccc(F)c(F)c1C(CN)C(=O)O. The second-order valence-electron chi connectivity index (χ2n) is 3.10. The molecule has 0 saturated carbocycles. The predicted octanol–water partition coefficient (Wildman–Crippen LogP) is 1.10. The Morgan fingerprint density at radius 3 is 2.62 bits per heavy atom. The third kappa shape index (κ3) is 2.11. The van der Waals surface area contributed by atoms with Gasteiger partial charge < -0.3 is 15.6 Å². The van der Waals surface area contributed by atoms with Crippen LogP contribution in [0.5, 0.6) is 5.75 Å². The van der Waals surface area contributed by atoms with Gasteiger partial charge in [-0.15, -0.1) is 0 Å². The maximum atomic E-state index is 13.5. The van der Waals surface area contributed by atoms with Crippen molar-refractivity contribution >= 4 is 5.97 Å². The zero-order chi connectivity index (χ0) is 12.3. The molecule has 1 aromatic carbocycles. The van der Waals surface area contributed by atoms with Gasteiger partial charge in [-0.1, -0.05) is 0 Å². The Morgan fingerprint density at radius 2 is 2.19 bits per heavy atom. The Balaban J connectivity index is 3.38. The van der Waals surface area contributed by atoms with Gasteiger partial charge in [0.2, 0.25) is 0 Å². The number of halogens is 2. The molecule has 0 amide bonds. The van der Waals surface area contributed by atoms with Crippen LogP contribution in [0.4, 0.5) is 8.78 Å². The van der Waals surface area contributed by atoms with E-state index >= 15 is 0 Å². The number of hydrogen-bond acceptors (Lipinski definition) is 3. The lowest BCUT2D eigenvalue weighted by Crippen LogP contribution is -2.23. The van der Waals surface area contributed by atoms with Gasteiger partial charge in [0.25, 0.3) is 0 Å². The number of nitrogens with two attached hydrogens (primary N) is 1. The quantitative estimate of drug-likeness (QED) is 0.813. The van der Waals surface area contributed by atoms with Crippen molar-refractivity contribution in [2.45, 2.75) is 5.92 Å². The number of aliphatic carboxylic acids is 1. The lowest BCUT2D eigenvalue weighted by atomic mass is 9.97. The summed E-state index contributed by atoms with van der Waals surface area (Å²) < 4.78 is 31.3. The molecule has 6 heteroatoms. The summed E-state index contributed by atoms with van der Waals surface area (Å²) in [7, 11) is 1.24. The van der Waals surface area contributed by atoms with Crippen LogP contribution >= 0.6 is 0 Å². The Hall–Kier alpha value is -1.69. The molecule has 0 aliphatic rings. The van der Waals surface area contributed by atoms with E-state index in [1.165, 1.54) is 13.2 Å². The van der Waals surface area contributed by atoms with Crippen LogP contribution in [0.1, 0.15) is 11.5 Å². The summed E-state index contributed by atoms with van der Waals surface area (Å²) >= 11 is 0. The van der Waals surface area contributed by atoms with Gasteiger partial charge in [0.15, 0.2) is 11.6 Å². The smallest absolute Gasteiger partial charge is 0.312 e. The van der Waals surface area contributed by atoms with E-state index in [1.807, 2.05) is 0 Å². The van der Waals surface area contributed by atoms with Crippen LogP contribution in [0.2, 0.25) is 0 Å². The van der Waals surface area contributed by atoms with Crippen molar-refractivity contribution in [1.29, 1.82) is 0 Å². The lowest BCUT2D eigenvalue weighted by molar-refractivity contribution is -0.138. The van der Waals surface area contributed by atoms with E-state index in [-0.39, 0.29) is 17.9 Å².